The van der Waals surface area contributed by atoms with Crippen LogP contribution in [-0.2, 0) is 6.42 Å². The molecule has 0 saturated heterocycles. The minimum absolute atomic E-state index is 0.742. The van der Waals surface area contributed by atoms with Crippen LogP contribution in [0.1, 0.15) is 51.3 Å². The molecule has 0 radical (unpaired) electrons. The Hall–Kier alpha value is -1.36. The Morgan fingerprint density at radius 3 is 2.57 bits per heavy atom. The number of unbranched alkanes of at least 4 members (excludes halogenated alkanes) is 2. The van der Waals surface area contributed by atoms with Gasteiger partial charge in [-0.1, -0.05) is 33.6 Å². The number of hydrogen-bond donors (Lipinski definition) is 2. The Morgan fingerprint density at radius 1 is 1.00 bits per heavy atom. The highest BCUT2D eigenvalue weighted by molar-refractivity contribution is 7.18. The second-order valence-corrected chi connectivity index (χ2v) is 6.36. The van der Waals surface area contributed by atoms with Crippen LogP contribution in [0.2, 0.25) is 0 Å². The van der Waals surface area contributed by atoms with Gasteiger partial charge in [0, 0.05) is 18.0 Å². The molecule has 0 aliphatic heterocycles. The van der Waals surface area contributed by atoms with E-state index in [2.05, 4.69) is 47.4 Å². The van der Waals surface area contributed by atoms with Crippen molar-refractivity contribution < 1.29 is 0 Å². The van der Waals surface area contributed by atoms with Crippen LogP contribution in [0.25, 0.3) is 10.2 Å². The number of nitrogens with zero attached hydrogens (tertiary/aromatic N) is 2. The predicted octanol–water partition coefficient (Wildman–Crippen LogP) is 4.68. The minimum atomic E-state index is 0.742. The highest BCUT2D eigenvalue weighted by Crippen LogP contribution is 2.30. The number of fused-ring (bicyclic) bond motifs is 1. The van der Waals surface area contributed by atoms with Crippen LogP contribution in [0.15, 0.2) is 6.07 Å². The predicted molar refractivity (Wildman–Crippen MR) is 93.6 cm³/mol. The van der Waals surface area contributed by atoms with E-state index in [1.54, 1.807) is 11.3 Å². The van der Waals surface area contributed by atoms with E-state index < -0.39 is 0 Å². The summed E-state index contributed by atoms with van der Waals surface area (Å²) in [4.78, 5) is 11.7. The van der Waals surface area contributed by atoms with Crippen LogP contribution in [0.4, 0.5) is 11.8 Å². The van der Waals surface area contributed by atoms with Crippen LogP contribution in [0.3, 0.4) is 0 Å². The van der Waals surface area contributed by atoms with Gasteiger partial charge in [0.15, 0.2) is 0 Å². The molecule has 4 nitrogen and oxygen atoms in total. The van der Waals surface area contributed by atoms with Gasteiger partial charge in [0.05, 0.1) is 5.39 Å². The number of rotatable bonds is 9. The number of aromatic nitrogens is 2. The third-order valence-corrected chi connectivity index (χ3v) is 4.57. The number of hydrogen-bond acceptors (Lipinski definition) is 5. The summed E-state index contributed by atoms with van der Waals surface area (Å²) in [6.45, 7) is 8.44. The van der Waals surface area contributed by atoms with Crippen LogP contribution in [-0.4, -0.2) is 23.1 Å². The topological polar surface area (TPSA) is 49.8 Å². The lowest BCUT2D eigenvalue weighted by atomic mass is 10.2. The normalized spacial score (nSPS) is 11.0. The van der Waals surface area contributed by atoms with Gasteiger partial charge in [-0.3, -0.25) is 0 Å². The molecule has 0 aliphatic carbocycles. The number of nitrogens with one attached hydrogen (secondary N) is 2. The van der Waals surface area contributed by atoms with Gasteiger partial charge in [-0.25, -0.2) is 4.98 Å². The molecule has 2 N–H and O–H groups in total. The van der Waals surface area contributed by atoms with Gasteiger partial charge in [0.25, 0.3) is 0 Å². The fraction of sp³-hybridized carbons (Fsp3) is 0.625. The Bertz CT molecular complexity index is 565. The fourth-order valence-corrected chi connectivity index (χ4v) is 3.15. The fourth-order valence-electron chi connectivity index (χ4n) is 2.18. The van der Waals surface area contributed by atoms with Gasteiger partial charge in [-0.05, 0) is 25.3 Å². The monoisotopic (exact) mass is 306 g/mol. The first kappa shape index (κ1) is 16.0. The first-order chi connectivity index (χ1) is 10.3. The van der Waals surface area contributed by atoms with Crippen molar-refractivity contribution in [3.8, 4) is 0 Å². The van der Waals surface area contributed by atoms with Crippen LogP contribution >= 0.6 is 11.3 Å². The molecule has 2 aromatic rings. The summed E-state index contributed by atoms with van der Waals surface area (Å²) in [5.41, 5.74) is 0. The smallest absolute Gasteiger partial charge is 0.226 e. The number of anilines is 2. The lowest BCUT2D eigenvalue weighted by Crippen LogP contribution is -2.08. The zero-order chi connectivity index (χ0) is 15.1. The molecular formula is C16H26N4S. The summed E-state index contributed by atoms with van der Waals surface area (Å²) in [6.07, 6.45) is 5.80. The van der Waals surface area contributed by atoms with E-state index >= 15 is 0 Å². The zero-order valence-electron chi connectivity index (χ0n) is 13.3. The Balaban J connectivity index is 2.22. The molecule has 2 aromatic heterocycles. The maximum Gasteiger partial charge on any atom is 0.226 e. The summed E-state index contributed by atoms with van der Waals surface area (Å²) in [7, 11) is 0. The zero-order valence-corrected chi connectivity index (χ0v) is 14.1. The van der Waals surface area contributed by atoms with E-state index in [-0.39, 0.29) is 0 Å². The van der Waals surface area contributed by atoms with Gasteiger partial charge in [-0.15, -0.1) is 11.3 Å². The molecule has 2 rings (SSSR count). The second kappa shape index (κ2) is 8.17. The van der Waals surface area contributed by atoms with Crippen LogP contribution in [0, 0.1) is 0 Å². The van der Waals surface area contributed by atoms with Crippen molar-refractivity contribution in [2.45, 2.75) is 52.9 Å². The van der Waals surface area contributed by atoms with Gasteiger partial charge in [0.1, 0.15) is 10.6 Å². The van der Waals surface area contributed by atoms with E-state index in [0.717, 1.165) is 47.9 Å². The largest absolute Gasteiger partial charge is 0.369 e. The molecule has 0 aromatic carbocycles. The first-order valence-corrected chi connectivity index (χ1v) is 8.88. The van der Waals surface area contributed by atoms with Gasteiger partial charge in [-0.2, -0.15) is 4.98 Å². The molecule has 0 spiro atoms. The maximum atomic E-state index is 4.66. The summed E-state index contributed by atoms with van der Waals surface area (Å²) in [5, 5.41) is 7.95. The molecular weight excluding hydrogens is 280 g/mol. The molecule has 5 heteroatoms. The van der Waals surface area contributed by atoms with E-state index in [1.165, 1.54) is 24.1 Å². The van der Waals surface area contributed by atoms with Gasteiger partial charge >= 0.3 is 0 Å². The average Bonchev–Trinajstić information content (AvgIpc) is 2.92. The van der Waals surface area contributed by atoms with Crippen LogP contribution < -0.4 is 10.6 Å². The summed E-state index contributed by atoms with van der Waals surface area (Å²) >= 11 is 1.77. The van der Waals surface area contributed by atoms with Crippen molar-refractivity contribution in [2.75, 3.05) is 23.7 Å². The molecule has 0 aliphatic rings. The van der Waals surface area contributed by atoms with E-state index in [4.69, 9.17) is 0 Å². The highest BCUT2D eigenvalue weighted by Gasteiger charge is 2.10. The van der Waals surface area contributed by atoms with Gasteiger partial charge < -0.3 is 10.6 Å². The SMILES string of the molecule is CCCCCNc1nc(NCCC)nc2sc(CC)cc12. The molecule has 116 valence electrons. The Labute approximate surface area is 131 Å². The van der Waals surface area contributed by atoms with E-state index in [9.17, 15) is 0 Å². The van der Waals surface area contributed by atoms with Crippen molar-refractivity contribution in [1.29, 1.82) is 0 Å². The standard InChI is InChI=1S/C16H26N4S/c1-4-7-8-10-17-14-13-11-12(6-3)21-15(13)20-16(19-14)18-9-5-2/h11H,4-10H2,1-3H3,(H2,17,18,19,20). The Morgan fingerprint density at radius 2 is 1.86 bits per heavy atom. The Kier molecular flexibility index (Phi) is 6.23. The molecule has 0 bridgehead atoms. The highest BCUT2D eigenvalue weighted by atomic mass is 32.1. The summed E-state index contributed by atoms with van der Waals surface area (Å²) in [5.74, 6) is 1.72. The third kappa shape index (κ3) is 4.30. The van der Waals surface area contributed by atoms with Gasteiger partial charge in [0.2, 0.25) is 5.95 Å². The second-order valence-electron chi connectivity index (χ2n) is 5.24. The van der Waals surface area contributed by atoms with Crippen molar-refractivity contribution in [3.63, 3.8) is 0 Å². The third-order valence-electron chi connectivity index (χ3n) is 3.40. The minimum Gasteiger partial charge on any atom is -0.369 e. The summed E-state index contributed by atoms with van der Waals surface area (Å²) in [6, 6.07) is 2.23. The molecule has 0 unspecified atom stereocenters. The molecule has 2 heterocycles. The van der Waals surface area contributed by atoms with Crippen LogP contribution in [0.5, 0.6) is 0 Å². The maximum absolute atomic E-state index is 4.66. The quantitative estimate of drug-likeness (QED) is 0.661. The molecule has 21 heavy (non-hydrogen) atoms. The lowest BCUT2D eigenvalue weighted by Gasteiger charge is -2.09. The number of thiophene rings is 1. The molecule has 0 fully saturated rings. The van der Waals surface area contributed by atoms with E-state index in [1.807, 2.05) is 0 Å². The first-order valence-electron chi connectivity index (χ1n) is 8.06. The van der Waals surface area contributed by atoms with E-state index in [0.29, 0.717) is 0 Å². The molecule has 0 atom stereocenters. The van der Waals surface area contributed by atoms with Crippen molar-refractivity contribution in [1.82, 2.24) is 9.97 Å². The number of aryl methyl sites for hydroxylation is 1. The van der Waals surface area contributed by atoms with Crippen molar-refractivity contribution in [3.05, 3.63) is 10.9 Å². The van der Waals surface area contributed by atoms with Crippen molar-refractivity contribution >= 4 is 33.3 Å². The lowest BCUT2D eigenvalue weighted by molar-refractivity contribution is 0.742. The summed E-state index contributed by atoms with van der Waals surface area (Å²) < 4.78 is 0. The molecule has 0 saturated carbocycles. The molecule has 0 amide bonds. The average molecular weight is 306 g/mol. The van der Waals surface area contributed by atoms with Crippen molar-refractivity contribution in [2.24, 2.45) is 0 Å².